The van der Waals surface area contributed by atoms with E-state index in [1.54, 1.807) is 18.2 Å². The van der Waals surface area contributed by atoms with Crippen molar-refractivity contribution in [1.29, 1.82) is 0 Å². The zero-order chi connectivity index (χ0) is 19.1. The Balaban J connectivity index is 1.54. The second kappa shape index (κ2) is 8.94. The fraction of sp³-hybridized carbons (Fsp3) is 0.421. The van der Waals surface area contributed by atoms with Crippen molar-refractivity contribution in [3.8, 4) is 0 Å². The third-order valence-electron chi connectivity index (χ3n) is 4.74. The van der Waals surface area contributed by atoms with Crippen molar-refractivity contribution in [3.63, 3.8) is 0 Å². The highest BCUT2D eigenvalue weighted by atomic mass is 32.2. The molecule has 1 aromatic heterocycles. The molecule has 1 aliphatic carbocycles. The van der Waals surface area contributed by atoms with Gasteiger partial charge in [0.15, 0.2) is 0 Å². The van der Waals surface area contributed by atoms with Crippen molar-refractivity contribution >= 4 is 27.6 Å². The van der Waals surface area contributed by atoms with E-state index >= 15 is 0 Å². The molecule has 2 aromatic rings. The van der Waals surface area contributed by atoms with Crippen LogP contribution in [0.3, 0.4) is 0 Å². The first kappa shape index (κ1) is 19.3. The summed E-state index contributed by atoms with van der Waals surface area (Å²) >= 11 is 0. The fourth-order valence-corrected chi connectivity index (χ4v) is 4.24. The van der Waals surface area contributed by atoms with Crippen LogP contribution in [0.5, 0.6) is 0 Å². The average Bonchev–Trinajstić information content (AvgIpc) is 2.68. The standard InChI is InChI=1S/C19H24N4O3S/c24-18(12-7-15-5-2-1-3-6-15)22-16-8-10-17(11-9-16)27(25,26)23-19-20-13-4-14-21-19/h4,8-11,13-15H,1-3,5-7,12H2,(H,22,24)(H,20,21,23). The highest BCUT2D eigenvalue weighted by Crippen LogP contribution is 2.27. The van der Waals surface area contributed by atoms with Crippen LogP contribution >= 0.6 is 0 Å². The smallest absolute Gasteiger partial charge is 0.264 e. The lowest BCUT2D eigenvalue weighted by Crippen LogP contribution is -2.16. The average molecular weight is 388 g/mol. The van der Waals surface area contributed by atoms with Crippen molar-refractivity contribution < 1.29 is 13.2 Å². The van der Waals surface area contributed by atoms with Crippen molar-refractivity contribution in [1.82, 2.24) is 9.97 Å². The lowest BCUT2D eigenvalue weighted by Gasteiger charge is -2.21. The predicted molar refractivity (Wildman–Crippen MR) is 104 cm³/mol. The van der Waals surface area contributed by atoms with Crippen LogP contribution in [0.1, 0.15) is 44.9 Å². The summed E-state index contributed by atoms with van der Waals surface area (Å²) < 4.78 is 27.0. The van der Waals surface area contributed by atoms with Gasteiger partial charge in [0.05, 0.1) is 4.90 Å². The zero-order valence-electron chi connectivity index (χ0n) is 15.1. The number of anilines is 2. The third-order valence-corrected chi connectivity index (χ3v) is 6.09. The predicted octanol–water partition coefficient (Wildman–Crippen LogP) is 3.58. The van der Waals surface area contributed by atoms with Gasteiger partial charge in [-0.2, -0.15) is 0 Å². The maximum atomic E-state index is 12.3. The van der Waals surface area contributed by atoms with Crippen LogP contribution in [0.25, 0.3) is 0 Å². The summed E-state index contributed by atoms with van der Waals surface area (Å²) in [5.74, 6) is 0.632. The van der Waals surface area contributed by atoms with E-state index in [1.807, 2.05) is 0 Å². The largest absolute Gasteiger partial charge is 0.326 e. The van der Waals surface area contributed by atoms with Crippen LogP contribution in [-0.2, 0) is 14.8 Å². The number of hydrogen-bond acceptors (Lipinski definition) is 5. The molecular weight excluding hydrogens is 364 g/mol. The molecular formula is C19H24N4O3S. The van der Waals surface area contributed by atoms with Gasteiger partial charge in [0.2, 0.25) is 11.9 Å². The van der Waals surface area contributed by atoms with Crippen LogP contribution in [-0.4, -0.2) is 24.3 Å². The number of nitrogens with one attached hydrogen (secondary N) is 2. The van der Waals surface area contributed by atoms with Gasteiger partial charge < -0.3 is 5.32 Å². The van der Waals surface area contributed by atoms with Crippen molar-refractivity contribution in [2.45, 2.75) is 49.8 Å². The Morgan fingerprint density at radius 1 is 1.04 bits per heavy atom. The van der Waals surface area contributed by atoms with Gasteiger partial charge in [-0.1, -0.05) is 32.1 Å². The maximum Gasteiger partial charge on any atom is 0.264 e. The molecule has 0 aliphatic heterocycles. The van der Waals surface area contributed by atoms with Crippen molar-refractivity contribution in [3.05, 3.63) is 42.7 Å². The number of carbonyl (C=O) groups is 1. The molecule has 0 unspecified atom stereocenters. The number of hydrogen-bond donors (Lipinski definition) is 2. The Bertz CT molecular complexity index is 848. The van der Waals surface area contributed by atoms with Crippen LogP contribution in [0, 0.1) is 5.92 Å². The summed E-state index contributed by atoms with van der Waals surface area (Å²) in [5.41, 5.74) is 0.582. The van der Waals surface area contributed by atoms with Crippen LogP contribution in [0.15, 0.2) is 47.6 Å². The minimum atomic E-state index is -3.77. The molecule has 0 saturated heterocycles. The molecule has 1 fully saturated rings. The highest BCUT2D eigenvalue weighted by molar-refractivity contribution is 7.92. The normalized spacial score (nSPS) is 15.3. The number of sulfonamides is 1. The molecule has 3 rings (SSSR count). The summed E-state index contributed by atoms with van der Waals surface area (Å²) in [5, 5.41) is 2.83. The van der Waals surface area contributed by atoms with E-state index in [0.29, 0.717) is 18.0 Å². The molecule has 7 nitrogen and oxygen atoms in total. The molecule has 144 valence electrons. The minimum absolute atomic E-state index is 0.0117. The number of aromatic nitrogens is 2. The first-order chi connectivity index (χ1) is 13.0. The monoisotopic (exact) mass is 388 g/mol. The topological polar surface area (TPSA) is 101 Å². The lowest BCUT2D eigenvalue weighted by atomic mass is 9.86. The molecule has 1 aliphatic rings. The van der Waals surface area contributed by atoms with E-state index in [1.165, 1.54) is 56.6 Å². The van der Waals surface area contributed by atoms with Gasteiger partial charge in [-0.05, 0) is 42.7 Å². The summed E-state index contributed by atoms with van der Waals surface area (Å²) in [6.07, 6.45) is 10.6. The summed E-state index contributed by atoms with van der Waals surface area (Å²) in [6, 6.07) is 7.66. The Morgan fingerprint density at radius 2 is 1.70 bits per heavy atom. The highest BCUT2D eigenvalue weighted by Gasteiger charge is 2.17. The quantitative estimate of drug-likeness (QED) is 0.755. The number of nitrogens with zero attached hydrogens (tertiary/aromatic N) is 2. The van der Waals surface area contributed by atoms with Gasteiger partial charge in [-0.25, -0.2) is 23.1 Å². The molecule has 0 bridgehead atoms. The first-order valence-corrected chi connectivity index (χ1v) is 10.7. The van der Waals surface area contributed by atoms with Crippen molar-refractivity contribution in [2.75, 3.05) is 10.0 Å². The SMILES string of the molecule is O=C(CCC1CCCCC1)Nc1ccc(S(=O)(=O)Nc2ncccn2)cc1. The summed E-state index contributed by atoms with van der Waals surface area (Å²) in [4.78, 5) is 19.9. The van der Waals surface area contributed by atoms with E-state index < -0.39 is 10.0 Å². The molecule has 0 radical (unpaired) electrons. The van der Waals surface area contributed by atoms with E-state index in [-0.39, 0.29) is 16.8 Å². The number of rotatable bonds is 7. The molecule has 0 atom stereocenters. The van der Waals surface area contributed by atoms with Gasteiger partial charge in [0.1, 0.15) is 0 Å². The van der Waals surface area contributed by atoms with Crippen molar-refractivity contribution in [2.24, 2.45) is 5.92 Å². The lowest BCUT2D eigenvalue weighted by molar-refractivity contribution is -0.116. The van der Waals surface area contributed by atoms with E-state index in [0.717, 1.165) is 6.42 Å². The molecule has 1 saturated carbocycles. The van der Waals surface area contributed by atoms with Crippen LogP contribution < -0.4 is 10.0 Å². The van der Waals surface area contributed by atoms with Gasteiger partial charge in [-0.15, -0.1) is 0 Å². The third kappa shape index (κ3) is 5.75. The second-order valence-electron chi connectivity index (χ2n) is 6.79. The Labute approximate surface area is 159 Å². The minimum Gasteiger partial charge on any atom is -0.326 e. The first-order valence-electron chi connectivity index (χ1n) is 9.23. The molecule has 2 N–H and O–H groups in total. The Hall–Kier alpha value is -2.48. The van der Waals surface area contributed by atoms with Gasteiger partial charge in [-0.3, -0.25) is 4.79 Å². The second-order valence-corrected chi connectivity index (χ2v) is 8.48. The zero-order valence-corrected chi connectivity index (χ0v) is 15.9. The Kier molecular flexibility index (Phi) is 6.39. The van der Waals surface area contributed by atoms with Crippen LogP contribution in [0.4, 0.5) is 11.6 Å². The molecule has 1 amide bonds. The molecule has 1 aromatic carbocycles. The fourth-order valence-electron chi connectivity index (χ4n) is 3.28. The number of amides is 1. The molecule has 0 spiro atoms. The van der Waals surface area contributed by atoms with Gasteiger partial charge in [0, 0.05) is 24.5 Å². The summed E-state index contributed by atoms with van der Waals surface area (Å²) in [6.45, 7) is 0. The van der Waals surface area contributed by atoms with Gasteiger partial charge in [0.25, 0.3) is 10.0 Å². The van der Waals surface area contributed by atoms with E-state index in [9.17, 15) is 13.2 Å². The van der Waals surface area contributed by atoms with Crippen LogP contribution in [0.2, 0.25) is 0 Å². The molecule has 27 heavy (non-hydrogen) atoms. The maximum absolute atomic E-state index is 12.3. The van der Waals surface area contributed by atoms with E-state index in [2.05, 4.69) is 20.0 Å². The summed E-state index contributed by atoms with van der Waals surface area (Å²) in [7, 11) is -3.77. The number of carbonyl (C=O) groups excluding carboxylic acids is 1. The molecule has 1 heterocycles. The van der Waals surface area contributed by atoms with E-state index in [4.69, 9.17) is 0 Å². The number of benzene rings is 1. The molecule has 8 heteroatoms. The Morgan fingerprint density at radius 3 is 2.37 bits per heavy atom. The van der Waals surface area contributed by atoms with Gasteiger partial charge >= 0.3 is 0 Å².